The molecule has 20 heavy (non-hydrogen) atoms. The summed E-state index contributed by atoms with van der Waals surface area (Å²) in [5.41, 5.74) is 8.50. The number of rotatable bonds is 4. The van der Waals surface area contributed by atoms with Gasteiger partial charge in [0.15, 0.2) is 0 Å². The van der Waals surface area contributed by atoms with E-state index in [2.05, 4.69) is 0 Å². The smallest absolute Gasteiger partial charge is 0.254 e. The van der Waals surface area contributed by atoms with Crippen LogP contribution in [0.3, 0.4) is 0 Å². The van der Waals surface area contributed by atoms with Crippen LogP contribution in [0.1, 0.15) is 28.8 Å². The van der Waals surface area contributed by atoms with Crippen LogP contribution in [0.5, 0.6) is 0 Å². The Balaban J connectivity index is 1.83. The molecule has 1 fully saturated rings. The molecule has 1 saturated carbocycles. The maximum atomic E-state index is 12.6. The van der Waals surface area contributed by atoms with Crippen molar-refractivity contribution in [3.63, 3.8) is 0 Å². The molecule has 0 heterocycles. The number of amides is 1. The molecule has 1 aliphatic carbocycles. The first kappa shape index (κ1) is 12.7. The number of hydrogen-bond donors (Lipinski definition) is 1. The average Bonchev–Trinajstić information content (AvgIpc) is 3.31. The van der Waals surface area contributed by atoms with Crippen LogP contribution in [0.25, 0.3) is 0 Å². The Hall–Kier alpha value is -2.29. The highest BCUT2D eigenvalue weighted by molar-refractivity contribution is 5.94. The van der Waals surface area contributed by atoms with Crippen molar-refractivity contribution in [3.8, 4) is 0 Å². The summed E-state index contributed by atoms with van der Waals surface area (Å²) in [5, 5.41) is 0. The quantitative estimate of drug-likeness (QED) is 0.864. The summed E-state index contributed by atoms with van der Waals surface area (Å²) in [6.45, 7) is 0.588. The molecule has 102 valence electrons. The van der Waals surface area contributed by atoms with E-state index in [9.17, 15) is 4.79 Å². The third-order valence-corrected chi connectivity index (χ3v) is 3.67. The second-order valence-electron chi connectivity index (χ2n) is 5.23. The molecule has 0 spiro atoms. The lowest BCUT2D eigenvalue weighted by atomic mass is 10.1. The lowest BCUT2D eigenvalue weighted by Crippen LogP contribution is -2.32. The predicted molar refractivity (Wildman–Crippen MR) is 80.2 cm³/mol. The van der Waals surface area contributed by atoms with Gasteiger partial charge in [-0.25, -0.2) is 0 Å². The number of carbonyl (C=O) groups excluding carboxylic acids is 1. The molecule has 2 N–H and O–H groups in total. The van der Waals surface area contributed by atoms with Crippen LogP contribution in [0.2, 0.25) is 0 Å². The number of nitrogen functional groups attached to an aromatic ring is 1. The summed E-state index contributed by atoms with van der Waals surface area (Å²) in [5.74, 6) is 0.0938. The summed E-state index contributed by atoms with van der Waals surface area (Å²) in [7, 11) is 0. The molecule has 2 aromatic rings. The van der Waals surface area contributed by atoms with Crippen LogP contribution in [0.15, 0.2) is 54.6 Å². The molecule has 2 aromatic carbocycles. The van der Waals surface area contributed by atoms with E-state index in [1.54, 1.807) is 0 Å². The lowest BCUT2D eigenvalue weighted by Gasteiger charge is -2.23. The van der Waals surface area contributed by atoms with Crippen molar-refractivity contribution in [1.29, 1.82) is 0 Å². The monoisotopic (exact) mass is 266 g/mol. The second kappa shape index (κ2) is 5.37. The molecule has 3 nitrogen and oxygen atoms in total. The van der Waals surface area contributed by atoms with E-state index in [0.717, 1.165) is 29.7 Å². The van der Waals surface area contributed by atoms with Gasteiger partial charge in [0.25, 0.3) is 5.91 Å². The van der Waals surface area contributed by atoms with Crippen LogP contribution in [-0.4, -0.2) is 16.8 Å². The van der Waals surface area contributed by atoms with E-state index in [1.165, 1.54) is 0 Å². The third-order valence-electron chi connectivity index (χ3n) is 3.67. The van der Waals surface area contributed by atoms with Crippen LogP contribution >= 0.6 is 0 Å². The Labute approximate surface area is 119 Å². The summed E-state index contributed by atoms with van der Waals surface area (Å²) in [4.78, 5) is 14.6. The standard InChI is InChI=1S/C17H18N2O/c18-16-9-5-4-8-14(16)12-19(15-10-11-15)17(20)13-6-2-1-3-7-13/h1-9,15H,10-12,18H2. The van der Waals surface area contributed by atoms with E-state index in [-0.39, 0.29) is 5.91 Å². The summed E-state index contributed by atoms with van der Waals surface area (Å²) >= 11 is 0. The maximum Gasteiger partial charge on any atom is 0.254 e. The fraction of sp³-hybridized carbons (Fsp3) is 0.235. The van der Waals surface area contributed by atoms with E-state index in [0.29, 0.717) is 12.6 Å². The van der Waals surface area contributed by atoms with Crippen molar-refractivity contribution in [2.45, 2.75) is 25.4 Å². The summed E-state index contributed by atoms with van der Waals surface area (Å²) in [6.07, 6.45) is 2.18. The van der Waals surface area contributed by atoms with Gasteiger partial charge in [-0.15, -0.1) is 0 Å². The number of nitrogens with two attached hydrogens (primary N) is 1. The van der Waals surface area contributed by atoms with Gasteiger partial charge in [-0.1, -0.05) is 36.4 Å². The molecule has 0 aromatic heterocycles. The molecular formula is C17H18N2O. The predicted octanol–water partition coefficient (Wildman–Crippen LogP) is 3.07. The molecular weight excluding hydrogens is 248 g/mol. The molecule has 1 amide bonds. The van der Waals surface area contributed by atoms with Gasteiger partial charge in [-0.3, -0.25) is 4.79 Å². The zero-order chi connectivity index (χ0) is 13.9. The van der Waals surface area contributed by atoms with E-state index in [4.69, 9.17) is 5.73 Å². The fourth-order valence-electron chi connectivity index (χ4n) is 2.36. The van der Waals surface area contributed by atoms with Gasteiger partial charge in [0, 0.05) is 23.8 Å². The first-order valence-corrected chi connectivity index (χ1v) is 6.95. The van der Waals surface area contributed by atoms with Crippen molar-refractivity contribution < 1.29 is 4.79 Å². The van der Waals surface area contributed by atoms with Gasteiger partial charge < -0.3 is 10.6 Å². The van der Waals surface area contributed by atoms with Crippen LogP contribution in [0.4, 0.5) is 5.69 Å². The normalized spacial score (nSPS) is 14.0. The minimum atomic E-state index is 0.0938. The van der Waals surface area contributed by atoms with Crippen LogP contribution in [0, 0.1) is 0 Å². The molecule has 0 radical (unpaired) electrons. The fourth-order valence-corrected chi connectivity index (χ4v) is 2.36. The van der Waals surface area contributed by atoms with Gasteiger partial charge in [0.2, 0.25) is 0 Å². The van der Waals surface area contributed by atoms with Crippen molar-refractivity contribution in [3.05, 3.63) is 65.7 Å². The lowest BCUT2D eigenvalue weighted by molar-refractivity contribution is 0.0730. The number of para-hydroxylation sites is 1. The number of benzene rings is 2. The summed E-state index contributed by atoms with van der Waals surface area (Å²) in [6, 6.07) is 17.6. The molecule has 0 aliphatic heterocycles. The summed E-state index contributed by atoms with van der Waals surface area (Å²) < 4.78 is 0. The second-order valence-corrected chi connectivity index (χ2v) is 5.23. The van der Waals surface area contributed by atoms with Crippen molar-refractivity contribution in [2.75, 3.05) is 5.73 Å². The van der Waals surface area contributed by atoms with Crippen molar-refractivity contribution in [2.24, 2.45) is 0 Å². The first-order valence-electron chi connectivity index (χ1n) is 6.95. The van der Waals surface area contributed by atoms with Crippen LogP contribution < -0.4 is 5.73 Å². The Morgan fingerprint density at radius 1 is 1.05 bits per heavy atom. The maximum absolute atomic E-state index is 12.6. The molecule has 1 aliphatic rings. The van der Waals surface area contributed by atoms with E-state index < -0.39 is 0 Å². The molecule has 3 rings (SSSR count). The highest BCUT2D eigenvalue weighted by Gasteiger charge is 2.33. The number of carbonyl (C=O) groups is 1. The largest absolute Gasteiger partial charge is 0.398 e. The Bertz CT molecular complexity index is 605. The van der Waals surface area contributed by atoms with E-state index in [1.807, 2.05) is 59.5 Å². The van der Waals surface area contributed by atoms with Crippen LogP contribution in [-0.2, 0) is 6.54 Å². The van der Waals surface area contributed by atoms with Crippen molar-refractivity contribution in [1.82, 2.24) is 4.90 Å². The van der Waals surface area contributed by atoms with Gasteiger partial charge in [0.05, 0.1) is 0 Å². The zero-order valence-corrected chi connectivity index (χ0v) is 11.3. The topological polar surface area (TPSA) is 46.3 Å². The molecule has 0 unspecified atom stereocenters. The average molecular weight is 266 g/mol. The molecule has 0 saturated heterocycles. The highest BCUT2D eigenvalue weighted by atomic mass is 16.2. The molecule has 3 heteroatoms. The third kappa shape index (κ3) is 2.67. The van der Waals surface area contributed by atoms with Gasteiger partial charge in [-0.05, 0) is 36.6 Å². The zero-order valence-electron chi connectivity index (χ0n) is 11.3. The number of nitrogens with zero attached hydrogens (tertiary/aromatic N) is 1. The Morgan fingerprint density at radius 3 is 2.35 bits per heavy atom. The highest BCUT2D eigenvalue weighted by Crippen LogP contribution is 2.30. The molecule has 0 atom stereocenters. The minimum Gasteiger partial charge on any atom is -0.398 e. The van der Waals surface area contributed by atoms with Gasteiger partial charge in [0.1, 0.15) is 0 Å². The van der Waals surface area contributed by atoms with Gasteiger partial charge in [-0.2, -0.15) is 0 Å². The Kier molecular flexibility index (Phi) is 3.42. The minimum absolute atomic E-state index is 0.0938. The molecule has 0 bridgehead atoms. The first-order chi connectivity index (χ1) is 9.75. The van der Waals surface area contributed by atoms with Crippen molar-refractivity contribution >= 4 is 11.6 Å². The SMILES string of the molecule is Nc1ccccc1CN(C(=O)c1ccccc1)C1CC1. The number of anilines is 1. The number of hydrogen-bond acceptors (Lipinski definition) is 2. The van der Waals surface area contributed by atoms with Gasteiger partial charge >= 0.3 is 0 Å². The Morgan fingerprint density at radius 2 is 1.70 bits per heavy atom. The van der Waals surface area contributed by atoms with E-state index >= 15 is 0 Å².